The van der Waals surface area contributed by atoms with Gasteiger partial charge in [-0.2, -0.15) is 9.97 Å². The first-order valence-electron chi connectivity index (χ1n) is 5.59. The first kappa shape index (κ1) is 12.2. The molecule has 0 fully saturated rings. The second-order valence-electron chi connectivity index (χ2n) is 3.92. The van der Waals surface area contributed by atoms with Crippen LogP contribution >= 0.6 is 0 Å². The Hall–Kier alpha value is -2.31. The van der Waals surface area contributed by atoms with E-state index in [9.17, 15) is 0 Å². The van der Waals surface area contributed by atoms with E-state index in [1.54, 1.807) is 19.3 Å². The molecule has 0 spiro atoms. The molecule has 0 bridgehead atoms. The van der Waals surface area contributed by atoms with Crippen LogP contribution in [-0.2, 0) is 0 Å². The Labute approximate surface area is 105 Å². The van der Waals surface area contributed by atoms with Crippen LogP contribution < -0.4 is 16.4 Å². The second kappa shape index (κ2) is 4.91. The van der Waals surface area contributed by atoms with E-state index in [2.05, 4.69) is 25.6 Å². The average Bonchev–Trinajstić information content (AvgIpc) is 2.75. The molecule has 7 heteroatoms. The maximum Gasteiger partial charge on any atom is 0.223 e. The van der Waals surface area contributed by atoms with Gasteiger partial charge in [-0.25, -0.2) is 4.98 Å². The quantitative estimate of drug-likeness (QED) is 0.754. The SMILES string of the molecule is CNc1cc(NC(C)c2ncc(C)o2)nc(N)n1. The summed E-state index contributed by atoms with van der Waals surface area (Å²) >= 11 is 0. The zero-order chi connectivity index (χ0) is 13.1. The summed E-state index contributed by atoms with van der Waals surface area (Å²) < 4.78 is 5.44. The Kier molecular flexibility index (Phi) is 3.31. The summed E-state index contributed by atoms with van der Waals surface area (Å²) in [6.07, 6.45) is 1.68. The fourth-order valence-electron chi connectivity index (χ4n) is 1.52. The Balaban J connectivity index is 2.16. The third kappa shape index (κ3) is 2.68. The highest BCUT2D eigenvalue weighted by atomic mass is 16.4. The lowest BCUT2D eigenvalue weighted by Gasteiger charge is -2.12. The van der Waals surface area contributed by atoms with Crippen molar-refractivity contribution in [3.63, 3.8) is 0 Å². The molecule has 0 saturated heterocycles. The summed E-state index contributed by atoms with van der Waals surface area (Å²) in [7, 11) is 1.77. The number of nitrogens with one attached hydrogen (secondary N) is 2. The molecule has 0 saturated carbocycles. The van der Waals surface area contributed by atoms with Gasteiger partial charge in [-0.1, -0.05) is 0 Å². The van der Waals surface area contributed by atoms with Crippen molar-refractivity contribution in [2.75, 3.05) is 23.4 Å². The third-order valence-electron chi connectivity index (χ3n) is 2.37. The van der Waals surface area contributed by atoms with Crippen LogP contribution in [0.25, 0.3) is 0 Å². The standard InChI is InChI=1S/C11H16N6O/c1-6-5-14-10(18-6)7(2)15-9-4-8(13-3)16-11(12)17-9/h4-5,7H,1-3H3,(H4,12,13,15,16,17). The van der Waals surface area contributed by atoms with Gasteiger partial charge in [0.1, 0.15) is 23.4 Å². The van der Waals surface area contributed by atoms with Crippen molar-refractivity contribution in [3.05, 3.63) is 23.9 Å². The third-order valence-corrected chi connectivity index (χ3v) is 2.37. The largest absolute Gasteiger partial charge is 0.444 e. The molecule has 0 aliphatic carbocycles. The Morgan fingerprint density at radius 3 is 2.67 bits per heavy atom. The van der Waals surface area contributed by atoms with Gasteiger partial charge in [-0.05, 0) is 13.8 Å². The van der Waals surface area contributed by atoms with E-state index in [0.717, 1.165) is 5.76 Å². The highest BCUT2D eigenvalue weighted by Gasteiger charge is 2.12. The number of hydrogen-bond acceptors (Lipinski definition) is 7. The molecule has 0 aromatic carbocycles. The van der Waals surface area contributed by atoms with Crippen molar-refractivity contribution in [1.29, 1.82) is 0 Å². The molecule has 4 N–H and O–H groups in total. The lowest BCUT2D eigenvalue weighted by Crippen LogP contribution is -2.10. The van der Waals surface area contributed by atoms with Crippen LogP contribution in [0.3, 0.4) is 0 Å². The van der Waals surface area contributed by atoms with E-state index < -0.39 is 0 Å². The first-order valence-corrected chi connectivity index (χ1v) is 5.59. The number of oxazole rings is 1. The molecule has 96 valence electrons. The number of aromatic nitrogens is 3. The van der Waals surface area contributed by atoms with E-state index in [1.165, 1.54) is 0 Å². The minimum atomic E-state index is -0.0993. The van der Waals surface area contributed by atoms with Gasteiger partial charge in [0.15, 0.2) is 0 Å². The molecule has 2 heterocycles. The van der Waals surface area contributed by atoms with Crippen molar-refractivity contribution in [1.82, 2.24) is 15.0 Å². The number of aryl methyl sites for hydroxylation is 1. The molecule has 0 radical (unpaired) electrons. The monoisotopic (exact) mass is 248 g/mol. The summed E-state index contributed by atoms with van der Waals surface area (Å²) in [6.45, 7) is 3.79. The highest BCUT2D eigenvalue weighted by molar-refractivity contribution is 5.51. The van der Waals surface area contributed by atoms with E-state index in [0.29, 0.717) is 17.5 Å². The van der Waals surface area contributed by atoms with Crippen molar-refractivity contribution in [2.24, 2.45) is 0 Å². The molecule has 2 rings (SSSR count). The van der Waals surface area contributed by atoms with Gasteiger partial charge < -0.3 is 20.8 Å². The van der Waals surface area contributed by atoms with Crippen molar-refractivity contribution < 1.29 is 4.42 Å². The molecule has 0 aliphatic rings. The molecule has 0 amide bonds. The van der Waals surface area contributed by atoms with Crippen LogP contribution in [0.15, 0.2) is 16.7 Å². The van der Waals surface area contributed by atoms with Gasteiger partial charge in [-0.3, -0.25) is 0 Å². The van der Waals surface area contributed by atoms with E-state index in [4.69, 9.17) is 10.2 Å². The normalized spacial score (nSPS) is 12.2. The number of hydrogen-bond donors (Lipinski definition) is 3. The van der Waals surface area contributed by atoms with Crippen molar-refractivity contribution in [3.8, 4) is 0 Å². The predicted molar refractivity (Wildman–Crippen MR) is 69.3 cm³/mol. The molecule has 7 nitrogen and oxygen atoms in total. The van der Waals surface area contributed by atoms with Crippen LogP contribution in [0.4, 0.5) is 17.6 Å². The minimum Gasteiger partial charge on any atom is -0.444 e. The molecule has 2 aromatic heterocycles. The van der Waals surface area contributed by atoms with Crippen LogP contribution in [0.5, 0.6) is 0 Å². The molecule has 1 atom stereocenters. The van der Waals surface area contributed by atoms with E-state index in [-0.39, 0.29) is 12.0 Å². The van der Waals surface area contributed by atoms with Gasteiger partial charge >= 0.3 is 0 Å². The van der Waals surface area contributed by atoms with Crippen LogP contribution in [0.2, 0.25) is 0 Å². The van der Waals surface area contributed by atoms with Crippen LogP contribution in [0, 0.1) is 6.92 Å². The number of anilines is 3. The maximum atomic E-state index is 5.61. The smallest absolute Gasteiger partial charge is 0.223 e. The summed E-state index contributed by atoms with van der Waals surface area (Å²) in [5.41, 5.74) is 5.61. The van der Waals surface area contributed by atoms with E-state index in [1.807, 2.05) is 13.8 Å². The number of nitrogens with zero attached hydrogens (tertiary/aromatic N) is 3. The summed E-state index contributed by atoms with van der Waals surface area (Å²) in [5.74, 6) is 2.86. The van der Waals surface area contributed by atoms with Gasteiger partial charge in [0.25, 0.3) is 0 Å². The number of nitrogen functional groups attached to an aromatic ring is 1. The Bertz CT molecular complexity index is 538. The van der Waals surface area contributed by atoms with Gasteiger partial charge in [0.2, 0.25) is 11.8 Å². The summed E-state index contributed by atoms with van der Waals surface area (Å²) in [4.78, 5) is 12.3. The van der Waals surface area contributed by atoms with Crippen LogP contribution in [0.1, 0.15) is 24.6 Å². The van der Waals surface area contributed by atoms with Crippen molar-refractivity contribution in [2.45, 2.75) is 19.9 Å². The predicted octanol–water partition coefficient (Wildman–Crippen LogP) is 1.57. The van der Waals surface area contributed by atoms with Gasteiger partial charge in [0, 0.05) is 13.1 Å². The Morgan fingerprint density at radius 2 is 2.06 bits per heavy atom. The van der Waals surface area contributed by atoms with Gasteiger partial charge in [0.05, 0.1) is 6.20 Å². The van der Waals surface area contributed by atoms with E-state index >= 15 is 0 Å². The lowest BCUT2D eigenvalue weighted by molar-refractivity contribution is 0.453. The number of nitrogens with two attached hydrogens (primary N) is 1. The molecular weight excluding hydrogens is 232 g/mol. The molecule has 1 unspecified atom stereocenters. The number of rotatable bonds is 4. The second-order valence-corrected chi connectivity index (χ2v) is 3.92. The highest BCUT2D eigenvalue weighted by Crippen LogP contribution is 2.19. The average molecular weight is 248 g/mol. The Morgan fingerprint density at radius 1 is 1.33 bits per heavy atom. The summed E-state index contributed by atoms with van der Waals surface area (Å²) in [6, 6.07) is 1.67. The topological polar surface area (TPSA) is 102 Å². The van der Waals surface area contributed by atoms with Crippen molar-refractivity contribution >= 4 is 17.6 Å². The van der Waals surface area contributed by atoms with Gasteiger partial charge in [-0.15, -0.1) is 0 Å². The summed E-state index contributed by atoms with van der Waals surface area (Å²) in [5, 5.41) is 6.07. The molecular formula is C11H16N6O. The zero-order valence-corrected chi connectivity index (χ0v) is 10.6. The lowest BCUT2D eigenvalue weighted by atomic mass is 10.3. The maximum absolute atomic E-state index is 5.61. The minimum absolute atomic E-state index is 0.0993. The molecule has 18 heavy (non-hydrogen) atoms. The molecule has 2 aromatic rings. The first-order chi connectivity index (χ1) is 8.58. The zero-order valence-electron chi connectivity index (χ0n) is 10.6. The molecule has 0 aliphatic heterocycles. The fourth-order valence-corrected chi connectivity index (χ4v) is 1.52. The van der Waals surface area contributed by atoms with Crippen LogP contribution in [-0.4, -0.2) is 22.0 Å². The fraction of sp³-hybridized carbons (Fsp3) is 0.364.